The van der Waals surface area contributed by atoms with Crippen molar-refractivity contribution in [1.29, 1.82) is 0 Å². The molecule has 0 bridgehead atoms. The molecule has 18 heteroatoms. The van der Waals surface area contributed by atoms with E-state index < -0.39 is 52.9 Å². The molecule has 6 N–H and O–H groups in total. The maximum absolute atomic E-state index is 13.0. The summed E-state index contributed by atoms with van der Waals surface area (Å²) in [5.74, 6) is -5.24. The SMILES string of the molecule is CC(ON=C(C(=O)NC1C(=O)N2C(C(=O)[O-])=C(C[n+]3ccc(C(N)=O)cc3)CS[C@H]12)c1nsc(N)n1)C(=O)O. The number of nitrogens with two attached hydrogens (primary N) is 2. The van der Waals surface area contributed by atoms with Gasteiger partial charge in [0.1, 0.15) is 11.4 Å². The van der Waals surface area contributed by atoms with Gasteiger partial charge < -0.3 is 36.6 Å². The Balaban J connectivity index is 1.53. The number of fused-ring (bicyclic) bond motifs is 1. The van der Waals surface area contributed by atoms with E-state index >= 15 is 0 Å². The molecule has 1 fully saturated rings. The Morgan fingerprint density at radius 1 is 1.36 bits per heavy atom. The minimum Gasteiger partial charge on any atom is -0.543 e. The molecule has 3 atom stereocenters. The molecule has 3 amide bonds. The number of amides is 3. The van der Waals surface area contributed by atoms with Crippen LogP contribution in [0.4, 0.5) is 5.13 Å². The van der Waals surface area contributed by atoms with Crippen LogP contribution in [0.2, 0.25) is 0 Å². The fourth-order valence-electron chi connectivity index (χ4n) is 3.64. The van der Waals surface area contributed by atoms with E-state index in [4.69, 9.17) is 21.4 Å². The van der Waals surface area contributed by atoms with Crippen molar-refractivity contribution in [2.75, 3.05) is 11.5 Å². The zero-order valence-corrected chi connectivity index (χ0v) is 21.6. The number of thioether (sulfide) groups is 1. The van der Waals surface area contributed by atoms with Crippen molar-refractivity contribution in [2.45, 2.75) is 31.0 Å². The fraction of sp³-hybridized carbons (Fsp3) is 0.286. The van der Waals surface area contributed by atoms with Gasteiger partial charge in [0.05, 0.1) is 17.2 Å². The fourth-order valence-corrected chi connectivity index (χ4v) is 5.41. The third kappa shape index (κ3) is 5.65. The van der Waals surface area contributed by atoms with Crippen molar-refractivity contribution in [3.05, 3.63) is 47.2 Å². The van der Waals surface area contributed by atoms with E-state index in [1.54, 1.807) is 17.0 Å². The van der Waals surface area contributed by atoms with Crippen LogP contribution in [0.3, 0.4) is 0 Å². The van der Waals surface area contributed by atoms with Crippen molar-refractivity contribution in [3.63, 3.8) is 0 Å². The number of carbonyl (C=O) groups is 5. The molecule has 2 aromatic heterocycles. The molecule has 0 aliphatic carbocycles. The molecule has 39 heavy (non-hydrogen) atoms. The van der Waals surface area contributed by atoms with Crippen LogP contribution in [0, 0.1) is 0 Å². The summed E-state index contributed by atoms with van der Waals surface area (Å²) < 4.78 is 5.49. The standard InChI is InChI=1S/C21H20N8O8S2/c1-8(19(33)34)37-26-11(15-25-21(23)39-27-15)16(31)24-12-17(32)29-13(20(35)36)10(7-38-18(12)29)6-28-4-2-9(3-5-28)14(22)30/h2-5,8,12,18H,6-7H2,1H3,(H6-,22,23,24,25,27,30,31,33,34,35,36)/t8?,12?,18-/m1/s1. The quantitative estimate of drug-likeness (QED) is 0.0945. The van der Waals surface area contributed by atoms with Crippen molar-refractivity contribution in [2.24, 2.45) is 10.9 Å². The molecule has 2 aromatic rings. The number of nitrogen functional groups attached to an aromatic ring is 1. The van der Waals surface area contributed by atoms with Gasteiger partial charge in [-0.05, 0) is 6.92 Å². The number of hydrogen-bond acceptors (Lipinski definition) is 13. The molecule has 16 nitrogen and oxygen atoms in total. The van der Waals surface area contributed by atoms with Crippen LogP contribution in [0.25, 0.3) is 0 Å². The van der Waals surface area contributed by atoms with Crippen molar-refractivity contribution in [1.82, 2.24) is 19.6 Å². The van der Waals surface area contributed by atoms with Gasteiger partial charge in [0.15, 0.2) is 24.1 Å². The summed E-state index contributed by atoms with van der Waals surface area (Å²) in [4.78, 5) is 70.1. The third-order valence-electron chi connectivity index (χ3n) is 5.59. The van der Waals surface area contributed by atoms with Crippen LogP contribution in [0.15, 0.2) is 41.0 Å². The molecule has 0 aromatic carbocycles. The summed E-state index contributed by atoms with van der Waals surface area (Å²) in [6.45, 7) is 1.28. The molecule has 0 spiro atoms. The normalized spacial score (nSPS) is 19.6. The minimum atomic E-state index is -1.57. The number of pyridine rings is 1. The van der Waals surface area contributed by atoms with Crippen molar-refractivity contribution < 1.29 is 43.6 Å². The number of rotatable bonds is 10. The lowest BCUT2D eigenvalue weighted by Gasteiger charge is -2.50. The van der Waals surface area contributed by atoms with Gasteiger partial charge in [-0.1, -0.05) is 5.16 Å². The van der Waals surface area contributed by atoms with Crippen LogP contribution in [0.5, 0.6) is 0 Å². The maximum atomic E-state index is 13.0. The smallest absolute Gasteiger partial charge is 0.347 e. The first-order chi connectivity index (χ1) is 18.5. The van der Waals surface area contributed by atoms with Crippen LogP contribution < -0.4 is 26.5 Å². The highest BCUT2D eigenvalue weighted by molar-refractivity contribution is 8.00. The second kappa shape index (κ2) is 11.0. The first-order valence-corrected chi connectivity index (χ1v) is 12.8. The molecule has 2 unspecified atom stereocenters. The first-order valence-electron chi connectivity index (χ1n) is 11.0. The molecule has 2 aliphatic heterocycles. The Kier molecular flexibility index (Phi) is 7.77. The first kappa shape index (κ1) is 27.5. The average molecular weight is 577 g/mol. The predicted octanol–water partition coefficient (Wildman–Crippen LogP) is -3.20. The van der Waals surface area contributed by atoms with Gasteiger partial charge in [-0.25, -0.2) is 9.36 Å². The largest absolute Gasteiger partial charge is 0.543 e. The third-order valence-corrected chi connectivity index (χ3v) is 7.48. The molecular weight excluding hydrogens is 556 g/mol. The van der Waals surface area contributed by atoms with Crippen LogP contribution in [0.1, 0.15) is 23.1 Å². The lowest BCUT2D eigenvalue weighted by Crippen LogP contribution is -2.71. The Bertz CT molecular complexity index is 1420. The van der Waals surface area contributed by atoms with Gasteiger partial charge in [-0.15, -0.1) is 11.8 Å². The molecule has 0 radical (unpaired) electrons. The number of nitrogens with zero attached hydrogens (tertiary/aromatic N) is 5. The van der Waals surface area contributed by atoms with E-state index in [1.807, 2.05) is 0 Å². The molecule has 4 rings (SSSR count). The van der Waals surface area contributed by atoms with E-state index in [1.165, 1.54) is 30.8 Å². The zero-order chi connectivity index (χ0) is 28.4. The highest BCUT2D eigenvalue weighted by Crippen LogP contribution is 2.40. The molecule has 0 saturated carbocycles. The second-order valence-corrected chi connectivity index (χ2v) is 10.1. The van der Waals surface area contributed by atoms with Crippen molar-refractivity contribution >= 4 is 63.8 Å². The number of carbonyl (C=O) groups excluding carboxylic acids is 4. The number of oxime groups is 1. The van der Waals surface area contributed by atoms with Gasteiger partial charge in [-0.2, -0.15) is 9.36 Å². The van der Waals surface area contributed by atoms with Gasteiger partial charge in [-0.3, -0.25) is 19.3 Å². The number of aromatic nitrogens is 3. The number of hydrogen-bond donors (Lipinski definition) is 4. The molecule has 204 valence electrons. The van der Waals surface area contributed by atoms with Crippen LogP contribution in [-0.4, -0.2) is 78.0 Å². The Labute approximate surface area is 227 Å². The topological polar surface area (TPSA) is 247 Å². The monoisotopic (exact) mass is 576 g/mol. The van der Waals surface area contributed by atoms with E-state index in [9.17, 15) is 29.1 Å². The molecular formula is C21H20N8O8S2. The lowest BCUT2D eigenvalue weighted by atomic mass is 10.0. The number of nitrogens with one attached hydrogen (secondary N) is 1. The molecule has 1 saturated heterocycles. The summed E-state index contributed by atoms with van der Waals surface area (Å²) in [5, 5.41) is 26.3. The Morgan fingerprint density at radius 3 is 2.62 bits per heavy atom. The Morgan fingerprint density at radius 2 is 2.05 bits per heavy atom. The number of carboxylic acids is 2. The molecule has 2 aliphatic rings. The summed E-state index contributed by atoms with van der Waals surface area (Å²) in [6, 6.07) is 1.82. The average Bonchev–Trinajstić information content (AvgIpc) is 3.32. The number of β-lactam (4-membered cyclic amide) rings is 1. The summed E-state index contributed by atoms with van der Waals surface area (Å²) in [7, 11) is 0. The maximum Gasteiger partial charge on any atom is 0.347 e. The summed E-state index contributed by atoms with van der Waals surface area (Å²) in [5.41, 5.74) is 10.6. The predicted molar refractivity (Wildman–Crippen MR) is 131 cm³/mol. The summed E-state index contributed by atoms with van der Waals surface area (Å²) in [6.07, 6.45) is 1.69. The van der Waals surface area contributed by atoms with Crippen LogP contribution >= 0.6 is 23.3 Å². The van der Waals surface area contributed by atoms with Crippen molar-refractivity contribution in [3.8, 4) is 0 Å². The highest BCUT2D eigenvalue weighted by Gasteiger charge is 2.53. The number of aliphatic carboxylic acids is 2. The number of anilines is 1. The highest BCUT2D eigenvalue weighted by atomic mass is 32.2. The van der Waals surface area contributed by atoms with Crippen LogP contribution in [-0.2, 0) is 30.6 Å². The summed E-state index contributed by atoms with van der Waals surface area (Å²) >= 11 is 1.97. The van der Waals surface area contributed by atoms with E-state index in [-0.39, 0.29) is 34.5 Å². The van der Waals surface area contributed by atoms with E-state index in [2.05, 4.69) is 19.8 Å². The zero-order valence-electron chi connectivity index (χ0n) is 20.0. The minimum absolute atomic E-state index is 0.00363. The second-order valence-electron chi connectivity index (χ2n) is 8.21. The van der Waals surface area contributed by atoms with E-state index in [0.717, 1.165) is 16.4 Å². The van der Waals surface area contributed by atoms with Gasteiger partial charge in [0, 0.05) is 35.0 Å². The number of carboxylic acid groups (broad SMARTS) is 2. The molecule has 4 heterocycles. The van der Waals surface area contributed by atoms with E-state index in [0.29, 0.717) is 5.57 Å². The van der Waals surface area contributed by atoms with Gasteiger partial charge >= 0.3 is 5.97 Å². The van der Waals surface area contributed by atoms with Gasteiger partial charge in [0.2, 0.25) is 23.5 Å². The lowest BCUT2D eigenvalue weighted by molar-refractivity contribution is -0.689. The Hall–Kier alpha value is -4.58. The number of primary amides is 1. The van der Waals surface area contributed by atoms with Gasteiger partial charge in [0.25, 0.3) is 11.8 Å².